The molecule has 3 N–H and O–H groups in total. The van der Waals surface area contributed by atoms with Gasteiger partial charge >= 0.3 is 6.18 Å². The van der Waals surface area contributed by atoms with Crippen LogP contribution in [0.4, 0.5) is 13.2 Å². The third kappa shape index (κ3) is 4.06. The number of fused-ring (bicyclic) bond motifs is 1. The average molecular weight is 510 g/mol. The van der Waals surface area contributed by atoms with E-state index >= 15 is 0 Å². The van der Waals surface area contributed by atoms with E-state index in [4.69, 9.17) is 4.74 Å². The maximum atomic E-state index is 13.6. The van der Waals surface area contributed by atoms with E-state index in [0.29, 0.717) is 36.4 Å². The highest BCUT2D eigenvalue weighted by Gasteiger charge is 2.46. The lowest BCUT2D eigenvalue weighted by Crippen LogP contribution is -2.41. The number of aliphatic hydroxyl groups is 1. The Bertz CT molecular complexity index is 1500. The smallest absolute Gasteiger partial charge is 0.383 e. The van der Waals surface area contributed by atoms with Crippen molar-refractivity contribution in [2.75, 3.05) is 6.61 Å². The number of para-hydroxylation sites is 1. The van der Waals surface area contributed by atoms with Crippen molar-refractivity contribution in [3.63, 3.8) is 0 Å². The van der Waals surface area contributed by atoms with Crippen molar-refractivity contribution in [3.8, 4) is 11.1 Å². The van der Waals surface area contributed by atoms with E-state index in [0.717, 1.165) is 28.2 Å². The fourth-order valence-corrected chi connectivity index (χ4v) is 5.69. The molecule has 1 saturated carbocycles. The first-order valence-corrected chi connectivity index (χ1v) is 12.3. The first kappa shape index (κ1) is 23.9. The number of nitrogens with zero attached hydrogens (tertiary/aromatic N) is 1. The standard InChI is InChI=1S/C28H26F3N3O3/c1-26(9-10-37-22(15-26)21-12-23(34-33-21)27(36)13-18(35)14-27)25-24(19-7-2-3-8-20(19)32-25)16-5-4-6-17(11-16)28(29,30)31/h2-8,11-12,22,32,36H,9-10,13-15H2,1H3,(H,33,34). The summed E-state index contributed by atoms with van der Waals surface area (Å²) < 4.78 is 46.8. The lowest BCUT2D eigenvalue weighted by Gasteiger charge is -2.38. The number of Topliss-reactive ketones (excluding diaryl/α,β-unsaturated/α-hetero) is 1. The number of rotatable bonds is 4. The molecule has 2 atom stereocenters. The summed E-state index contributed by atoms with van der Waals surface area (Å²) in [6, 6.07) is 14.8. The van der Waals surface area contributed by atoms with Crippen LogP contribution in [-0.4, -0.2) is 32.7 Å². The fourth-order valence-electron chi connectivity index (χ4n) is 5.69. The van der Waals surface area contributed by atoms with Crippen LogP contribution in [0.2, 0.25) is 0 Å². The van der Waals surface area contributed by atoms with Crippen LogP contribution in [0.15, 0.2) is 54.6 Å². The highest BCUT2D eigenvalue weighted by molar-refractivity contribution is 5.98. The van der Waals surface area contributed by atoms with Crippen LogP contribution in [0.3, 0.4) is 0 Å². The van der Waals surface area contributed by atoms with Gasteiger partial charge in [0.1, 0.15) is 11.4 Å². The predicted octanol–water partition coefficient (Wildman–Crippen LogP) is 5.94. The Hall–Kier alpha value is -3.43. The molecule has 4 aromatic rings. The van der Waals surface area contributed by atoms with Gasteiger partial charge < -0.3 is 14.8 Å². The van der Waals surface area contributed by atoms with Gasteiger partial charge in [0.05, 0.1) is 23.1 Å². The zero-order valence-electron chi connectivity index (χ0n) is 20.2. The molecule has 2 aromatic heterocycles. The van der Waals surface area contributed by atoms with Crippen LogP contribution in [0.5, 0.6) is 0 Å². The number of aromatic amines is 2. The maximum Gasteiger partial charge on any atom is 0.416 e. The number of halogens is 3. The molecule has 2 fully saturated rings. The largest absolute Gasteiger partial charge is 0.416 e. The van der Waals surface area contributed by atoms with Crippen molar-refractivity contribution >= 4 is 16.7 Å². The van der Waals surface area contributed by atoms with Gasteiger partial charge in [0.2, 0.25) is 0 Å². The number of nitrogens with one attached hydrogen (secondary N) is 2. The van der Waals surface area contributed by atoms with Gasteiger partial charge in [0.15, 0.2) is 0 Å². The lowest BCUT2D eigenvalue weighted by molar-refractivity contribution is -0.144. The molecule has 1 aliphatic heterocycles. The number of carbonyl (C=O) groups excluding carboxylic acids is 1. The third-order valence-electron chi connectivity index (χ3n) is 7.80. The van der Waals surface area contributed by atoms with Gasteiger partial charge in [-0.05, 0) is 42.7 Å². The molecule has 0 spiro atoms. The molecule has 6 rings (SSSR count). The molecule has 37 heavy (non-hydrogen) atoms. The van der Waals surface area contributed by atoms with Crippen molar-refractivity contribution in [1.29, 1.82) is 0 Å². The van der Waals surface area contributed by atoms with E-state index in [1.54, 1.807) is 12.1 Å². The molecule has 6 nitrogen and oxygen atoms in total. The zero-order chi connectivity index (χ0) is 26.0. The summed E-state index contributed by atoms with van der Waals surface area (Å²) in [5, 5.41) is 18.7. The zero-order valence-corrected chi connectivity index (χ0v) is 20.2. The van der Waals surface area contributed by atoms with Gasteiger partial charge in [0.25, 0.3) is 0 Å². The third-order valence-corrected chi connectivity index (χ3v) is 7.80. The van der Waals surface area contributed by atoms with Crippen molar-refractivity contribution in [2.24, 2.45) is 0 Å². The first-order chi connectivity index (χ1) is 17.6. The van der Waals surface area contributed by atoms with Gasteiger partial charge in [-0.2, -0.15) is 18.3 Å². The molecule has 3 heterocycles. The second-order valence-corrected chi connectivity index (χ2v) is 10.5. The number of hydrogen-bond donors (Lipinski definition) is 3. The Kier molecular flexibility index (Phi) is 5.36. The van der Waals surface area contributed by atoms with E-state index in [9.17, 15) is 23.1 Å². The van der Waals surface area contributed by atoms with E-state index in [2.05, 4.69) is 22.1 Å². The van der Waals surface area contributed by atoms with Crippen LogP contribution in [0.25, 0.3) is 22.0 Å². The maximum absolute atomic E-state index is 13.6. The summed E-state index contributed by atoms with van der Waals surface area (Å²) in [5.74, 6) is -0.00512. The van der Waals surface area contributed by atoms with Crippen LogP contribution < -0.4 is 0 Å². The summed E-state index contributed by atoms with van der Waals surface area (Å²) in [6.07, 6.45) is -3.48. The van der Waals surface area contributed by atoms with Gasteiger partial charge in [-0.25, -0.2) is 0 Å². The van der Waals surface area contributed by atoms with E-state index in [1.807, 2.05) is 24.3 Å². The van der Waals surface area contributed by atoms with Crippen LogP contribution >= 0.6 is 0 Å². The topological polar surface area (TPSA) is 91.0 Å². The van der Waals surface area contributed by atoms with Gasteiger partial charge in [0, 0.05) is 47.0 Å². The number of benzene rings is 2. The molecule has 0 bridgehead atoms. The Morgan fingerprint density at radius 2 is 1.89 bits per heavy atom. The fraction of sp³-hybridized carbons (Fsp3) is 0.357. The predicted molar refractivity (Wildman–Crippen MR) is 131 cm³/mol. The van der Waals surface area contributed by atoms with Crippen LogP contribution in [0.1, 0.15) is 61.4 Å². The molecule has 2 aliphatic rings. The highest BCUT2D eigenvalue weighted by Crippen LogP contribution is 2.48. The number of ketones is 1. The number of carbonyl (C=O) groups is 1. The molecule has 0 amide bonds. The minimum atomic E-state index is -4.44. The first-order valence-electron chi connectivity index (χ1n) is 12.3. The molecular weight excluding hydrogens is 483 g/mol. The summed E-state index contributed by atoms with van der Waals surface area (Å²) in [6.45, 7) is 2.54. The van der Waals surface area contributed by atoms with Crippen LogP contribution in [0, 0.1) is 0 Å². The van der Waals surface area contributed by atoms with Crippen molar-refractivity contribution in [1.82, 2.24) is 15.2 Å². The van der Waals surface area contributed by atoms with E-state index < -0.39 is 22.8 Å². The van der Waals surface area contributed by atoms with Crippen LogP contribution in [-0.2, 0) is 26.7 Å². The van der Waals surface area contributed by atoms with Crippen molar-refractivity contribution in [3.05, 3.63) is 77.2 Å². The minimum Gasteiger partial charge on any atom is -0.383 e. The van der Waals surface area contributed by atoms with E-state index in [1.165, 1.54) is 12.1 Å². The SMILES string of the molecule is CC1(c2[nH]c3ccccc3c2-c2cccc(C(F)(F)F)c2)CCOC(c2cc(C3(O)CC(=O)C3)n[nH]2)C1. The molecule has 9 heteroatoms. The number of aromatic nitrogens is 3. The normalized spacial score (nSPS) is 23.8. The second kappa shape index (κ2) is 8.29. The Balaban J connectivity index is 1.40. The quantitative estimate of drug-likeness (QED) is 0.318. The minimum absolute atomic E-state index is 0.00512. The summed E-state index contributed by atoms with van der Waals surface area (Å²) in [7, 11) is 0. The molecular formula is C28H26F3N3O3. The monoisotopic (exact) mass is 509 g/mol. The van der Waals surface area contributed by atoms with Crippen molar-refractivity contribution < 1.29 is 27.8 Å². The number of hydrogen-bond acceptors (Lipinski definition) is 4. The summed E-state index contributed by atoms with van der Waals surface area (Å²) >= 11 is 0. The van der Waals surface area contributed by atoms with Gasteiger partial charge in [-0.15, -0.1) is 0 Å². The van der Waals surface area contributed by atoms with Crippen molar-refractivity contribution in [2.45, 2.75) is 55.9 Å². The Morgan fingerprint density at radius 3 is 2.65 bits per heavy atom. The average Bonchev–Trinajstić information content (AvgIpc) is 3.49. The Labute approximate surface area is 210 Å². The molecule has 1 saturated heterocycles. The molecule has 2 unspecified atom stereocenters. The number of H-pyrrole nitrogens is 2. The van der Waals surface area contributed by atoms with E-state index in [-0.39, 0.29) is 24.7 Å². The van der Waals surface area contributed by atoms with Gasteiger partial charge in [-0.1, -0.05) is 37.3 Å². The number of alkyl halides is 3. The molecule has 192 valence electrons. The number of ether oxygens (including phenoxy) is 1. The second-order valence-electron chi connectivity index (χ2n) is 10.5. The molecule has 2 aromatic carbocycles. The highest BCUT2D eigenvalue weighted by atomic mass is 19.4. The molecule has 0 radical (unpaired) electrons. The summed E-state index contributed by atoms with van der Waals surface area (Å²) in [4.78, 5) is 15.0. The van der Waals surface area contributed by atoms with Gasteiger partial charge in [-0.3, -0.25) is 9.89 Å². The Morgan fingerprint density at radius 1 is 1.11 bits per heavy atom. The lowest BCUT2D eigenvalue weighted by atomic mass is 9.73. The summed E-state index contributed by atoms with van der Waals surface area (Å²) in [5.41, 5.74) is 1.74. The molecule has 1 aliphatic carbocycles.